The number of ether oxygens (including phenoxy) is 1. The molecule has 6 heteroatoms. The largest absolute Gasteiger partial charge is 0.430 e. The van der Waals surface area contributed by atoms with Crippen LogP contribution in [-0.2, 0) is 15.5 Å². The number of hydrogen-bond acceptors (Lipinski definition) is 5. The number of nitrogens with two attached hydrogens (primary N) is 1. The molecule has 2 N–H and O–H groups in total. The average molecular weight is 240 g/mol. The van der Waals surface area contributed by atoms with Gasteiger partial charge in [0, 0.05) is 12.3 Å². The van der Waals surface area contributed by atoms with Crippen molar-refractivity contribution < 1.29 is 13.4 Å². The first-order valence-electron chi connectivity index (χ1n) is 4.83. The first-order valence-corrected chi connectivity index (χ1v) is 6.15. The quantitative estimate of drug-likeness (QED) is 0.819. The molecule has 0 aliphatic rings. The lowest BCUT2D eigenvalue weighted by Crippen LogP contribution is -2.02. The minimum Gasteiger partial charge on any atom is -0.430 e. The summed E-state index contributed by atoms with van der Waals surface area (Å²) in [6, 6.07) is 5.10. The molecule has 0 fully saturated rings. The number of nitrogen functional groups attached to an aromatic ring is 1. The molecule has 1 unspecified atom stereocenters. The van der Waals surface area contributed by atoms with Crippen LogP contribution in [0, 0.1) is 0 Å². The molecule has 16 heavy (non-hydrogen) atoms. The van der Waals surface area contributed by atoms with Gasteiger partial charge in [0.05, 0.1) is 0 Å². The van der Waals surface area contributed by atoms with Crippen LogP contribution in [0.5, 0.6) is 0 Å². The molecular weight excluding hydrogens is 228 g/mol. The maximum absolute atomic E-state index is 11.7. The highest BCUT2D eigenvalue weighted by atomic mass is 32.2. The molecular formula is C10H12N2O3S. The van der Waals surface area contributed by atoms with E-state index in [-0.39, 0.29) is 11.2 Å². The van der Waals surface area contributed by atoms with E-state index >= 15 is 0 Å². The Hall–Kier alpha value is -1.40. The Balaban J connectivity index is 2.28. The van der Waals surface area contributed by atoms with Crippen molar-refractivity contribution in [2.45, 2.75) is 12.1 Å². The molecule has 1 aromatic heterocycles. The molecule has 2 rings (SSSR count). The lowest BCUT2D eigenvalue weighted by atomic mass is 10.3. The van der Waals surface area contributed by atoms with Gasteiger partial charge >= 0.3 is 0 Å². The van der Waals surface area contributed by atoms with Crippen LogP contribution in [0.15, 0.2) is 27.8 Å². The van der Waals surface area contributed by atoms with Crippen molar-refractivity contribution in [2.24, 2.45) is 0 Å². The molecule has 86 valence electrons. The third kappa shape index (κ3) is 2.23. The number of oxazole rings is 1. The summed E-state index contributed by atoms with van der Waals surface area (Å²) in [6.45, 7) is 2.35. The fraction of sp³-hybridized carbons (Fsp3) is 0.300. The van der Waals surface area contributed by atoms with Crippen molar-refractivity contribution in [3.63, 3.8) is 0 Å². The highest BCUT2D eigenvalue weighted by Gasteiger charge is 2.12. The molecule has 0 aliphatic heterocycles. The Bertz CT molecular complexity index is 524. The fourth-order valence-corrected chi connectivity index (χ4v) is 2.03. The van der Waals surface area contributed by atoms with Crippen LogP contribution in [0.25, 0.3) is 11.1 Å². The number of aromatic nitrogens is 1. The Morgan fingerprint density at radius 3 is 3.12 bits per heavy atom. The van der Waals surface area contributed by atoms with Crippen molar-refractivity contribution in [3.05, 3.63) is 18.2 Å². The van der Waals surface area contributed by atoms with Gasteiger partial charge in [0.2, 0.25) is 0 Å². The SMILES string of the molecule is CCOCS(=O)c1nc2cc(N)ccc2o1. The number of anilines is 1. The monoisotopic (exact) mass is 240 g/mol. The van der Waals surface area contributed by atoms with Gasteiger partial charge in [0.1, 0.15) is 22.3 Å². The van der Waals surface area contributed by atoms with Gasteiger partial charge in [-0.15, -0.1) is 0 Å². The molecule has 1 atom stereocenters. The van der Waals surface area contributed by atoms with Crippen molar-refractivity contribution in [1.82, 2.24) is 4.98 Å². The maximum atomic E-state index is 11.7. The summed E-state index contributed by atoms with van der Waals surface area (Å²) in [7, 11) is -1.36. The van der Waals surface area contributed by atoms with E-state index in [1.165, 1.54) is 0 Å². The summed E-state index contributed by atoms with van der Waals surface area (Å²) in [6.07, 6.45) is 0. The second-order valence-electron chi connectivity index (χ2n) is 3.16. The third-order valence-corrected chi connectivity index (χ3v) is 2.93. The van der Waals surface area contributed by atoms with Gasteiger partial charge in [-0.05, 0) is 25.1 Å². The van der Waals surface area contributed by atoms with Crippen molar-refractivity contribution in [2.75, 3.05) is 18.3 Å². The van der Waals surface area contributed by atoms with Gasteiger partial charge in [-0.1, -0.05) is 0 Å². The Kier molecular flexibility index (Phi) is 3.21. The zero-order valence-electron chi connectivity index (χ0n) is 8.80. The lowest BCUT2D eigenvalue weighted by Gasteiger charge is -1.96. The van der Waals surface area contributed by atoms with Crippen LogP contribution >= 0.6 is 0 Å². The molecule has 0 radical (unpaired) electrons. The van der Waals surface area contributed by atoms with Crippen molar-refractivity contribution in [3.8, 4) is 0 Å². The minimum absolute atomic E-state index is 0.0960. The van der Waals surface area contributed by atoms with E-state index in [1.54, 1.807) is 18.2 Å². The molecule has 0 amide bonds. The van der Waals surface area contributed by atoms with Crippen molar-refractivity contribution >= 4 is 27.6 Å². The molecule has 0 aliphatic carbocycles. The molecule has 2 aromatic rings. The van der Waals surface area contributed by atoms with Gasteiger partial charge in [0.15, 0.2) is 5.58 Å². The van der Waals surface area contributed by atoms with Crippen LogP contribution in [0.1, 0.15) is 6.92 Å². The zero-order valence-corrected chi connectivity index (χ0v) is 9.62. The maximum Gasteiger partial charge on any atom is 0.290 e. The minimum atomic E-state index is -1.36. The second-order valence-corrected chi connectivity index (χ2v) is 4.44. The predicted octanol–water partition coefficient (Wildman–Crippen LogP) is 1.51. The van der Waals surface area contributed by atoms with Crippen LogP contribution < -0.4 is 5.73 Å². The van der Waals surface area contributed by atoms with Crippen LogP contribution in [0.3, 0.4) is 0 Å². The van der Waals surface area contributed by atoms with E-state index in [0.29, 0.717) is 23.4 Å². The molecule has 0 saturated carbocycles. The standard InChI is InChI=1S/C10H12N2O3S/c1-2-14-6-16(13)10-12-8-5-7(11)3-4-9(8)15-10/h3-5H,2,6,11H2,1H3. The topological polar surface area (TPSA) is 78.3 Å². The van der Waals surface area contributed by atoms with Gasteiger partial charge in [0.25, 0.3) is 5.22 Å². The lowest BCUT2D eigenvalue weighted by molar-refractivity contribution is 0.194. The zero-order chi connectivity index (χ0) is 11.5. The first-order chi connectivity index (χ1) is 7.70. The van der Waals surface area contributed by atoms with E-state index in [9.17, 15) is 4.21 Å². The third-order valence-electron chi connectivity index (χ3n) is 1.98. The summed E-state index contributed by atoms with van der Waals surface area (Å²) in [5, 5.41) is 0.175. The summed E-state index contributed by atoms with van der Waals surface area (Å²) < 4.78 is 22.0. The summed E-state index contributed by atoms with van der Waals surface area (Å²) >= 11 is 0. The average Bonchev–Trinajstić information content (AvgIpc) is 2.68. The van der Waals surface area contributed by atoms with Gasteiger partial charge < -0.3 is 14.9 Å². The summed E-state index contributed by atoms with van der Waals surface area (Å²) in [5.74, 6) is 0.0960. The molecule has 1 aromatic carbocycles. The molecule has 5 nitrogen and oxygen atoms in total. The first kappa shape index (κ1) is 11.1. The number of benzene rings is 1. The number of hydrogen-bond donors (Lipinski definition) is 1. The number of rotatable bonds is 4. The predicted molar refractivity (Wildman–Crippen MR) is 61.3 cm³/mol. The smallest absolute Gasteiger partial charge is 0.290 e. The van der Waals surface area contributed by atoms with E-state index in [0.717, 1.165) is 0 Å². The summed E-state index contributed by atoms with van der Waals surface area (Å²) in [5.41, 5.74) is 7.40. The van der Waals surface area contributed by atoms with E-state index < -0.39 is 10.8 Å². The van der Waals surface area contributed by atoms with Crippen LogP contribution in [-0.4, -0.2) is 21.7 Å². The normalized spacial score (nSPS) is 13.1. The summed E-state index contributed by atoms with van der Waals surface area (Å²) in [4.78, 5) is 4.10. The number of fused-ring (bicyclic) bond motifs is 1. The van der Waals surface area contributed by atoms with Gasteiger partial charge in [-0.25, -0.2) is 9.19 Å². The van der Waals surface area contributed by atoms with Crippen LogP contribution in [0.2, 0.25) is 0 Å². The highest BCUT2D eigenvalue weighted by molar-refractivity contribution is 7.84. The van der Waals surface area contributed by atoms with Gasteiger partial charge in [-0.2, -0.15) is 0 Å². The molecule has 1 heterocycles. The van der Waals surface area contributed by atoms with E-state index in [1.807, 2.05) is 6.92 Å². The van der Waals surface area contributed by atoms with Crippen LogP contribution in [0.4, 0.5) is 5.69 Å². The molecule has 0 saturated heterocycles. The van der Waals surface area contributed by atoms with E-state index in [2.05, 4.69) is 4.98 Å². The molecule has 0 bridgehead atoms. The second kappa shape index (κ2) is 4.63. The van der Waals surface area contributed by atoms with Gasteiger partial charge in [-0.3, -0.25) is 0 Å². The fourth-order valence-electron chi connectivity index (χ4n) is 1.23. The van der Waals surface area contributed by atoms with Crippen molar-refractivity contribution in [1.29, 1.82) is 0 Å². The Morgan fingerprint density at radius 1 is 1.56 bits per heavy atom. The van der Waals surface area contributed by atoms with E-state index in [4.69, 9.17) is 14.9 Å². The highest BCUT2D eigenvalue weighted by Crippen LogP contribution is 2.20. The Morgan fingerprint density at radius 2 is 2.38 bits per heavy atom. The number of nitrogens with zero attached hydrogens (tertiary/aromatic N) is 1. The Labute approximate surface area is 95.0 Å². The molecule has 0 spiro atoms.